The largest absolute Gasteiger partial charge is 0.490 e. The Hall–Kier alpha value is -4.80. The van der Waals surface area contributed by atoms with E-state index in [4.69, 9.17) is 38.3 Å². The van der Waals surface area contributed by atoms with Gasteiger partial charge < -0.3 is 38.3 Å². The highest BCUT2D eigenvalue weighted by Crippen LogP contribution is 2.64. The van der Waals surface area contributed by atoms with Gasteiger partial charge in [0.25, 0.3) is 0 Å². The lowest BCUT2D eigenvalue weighted by molar-refractivity contribution is -0.440. The zero-order valence-electron chi connectivity index (χ0n) is 45.3. The number of benzene rings is 1. The Morgan fingerprint density at radius 1 is 0.290 bits per heavy atom. The van der Waals surface area contributed by atoms with Crippen LogP contribution in [-0.4, -0.2) is 191 Å². The molecule has 0 fully saturated rings. The van der Waals surface area contributed by atoms with Crippen LogP contribution < -0.4 is 14.2 Å². The van der Waals surface area contributed by atoms with E-state index in [1.165, 1.54) is 0 Å². The molecule has 0 radical (unpaired) electrons. The molecule has 1 aromatic carbocycles. The molecule has 9 nitrogen and oxygen atoms in total. The Balaban J connectivity index is 3.88. The van der Waals surface area contributed by atoms with Gasteiger partial charge in [-0.1, -0.05) is 0 Å². The van der Waals surface area contributed by atoms with E-state index in [2.05, 4.69) is 0 Å². The number of carbonyl (C=O) groups is 1. The van der Waals surface area contributed by atoms with Crippen LogP contribution in [0.5, 0.6) is 17.2 Å². The maximum atomic E-state index is 14.5. The van der Waals surface area contributed by atoms with Crippen LogP contribution in [0.4, 0.5) is 171 Å². The molecule has 93 heavy (non-hydrogen) atoms. The van der Waals surface area contributed by atoms with Gasteiger partial charge in [0.2, 0.25) is 5.75 Å². The second-order valence-electron chi connectivity index (χ2n) is 18.9. The van der Waals surface area contributed by atoms with Crippen LogP contribution in [0.15, 0.2) is 12.1 Å². The summed E-state index contributed by atoms with van der Waals surface area (Å²) in [6.07, 6.45) is -42.3. The maximum Gasteiger partial charge on any atom is 0.460 e. The Morgan fingerprint density at radius 2 is 0.527 bits per heavy atom. The van der Waals surface area contributed by atoms with Crippen molar-refractivity contribution in [3.63, 3.8) is 0 Å². The van der Waals surface area contributed by atoms with Crippen molar-refractivity contribution in [2.45, 2.75) is 165 Å². The van der Waals surface area contributed by atoms with Crippen molar-refractivity contribution in [1.29, 1.82) is 0 Å². The predicted molar refractivity (Wildman–Crippen MR) is 227 cm³/mol. The summed E-state index contributed by atoms with van der Waals surface area (Å²) < 4.78 is 567. The molecular formula is C45H43F39O9. The van der Waals surface area contributed by atoms with Gasteiger partial charge in [-0.2, -0.15) is 171 Å². The number of rotatable bonds is 42. The summed E-state index contributed by atoms with van der Waals surface area (Å²) in [5.41, 5.74) is -1.12. The zero-order valence-corrected chi connectivity index (χ0v) is 45.3. The van der Waals surface area contributed by atoms with Crippen molar-refractivity contribution in [3.8, 4) is 17.2 Å². The normalized spacial score (nSPS) is 15.1. The number of halogens is 39. The molecule has 550 valence electrons. The fraction of sp³-hybridized carbons (Fsp3) is 0.844. The van der Waals surface area contributed by atoms with Crippen molar-refractivity contribution >= 4 is 5.97 Å². The third-order valence-corrected chi connectivity index (χ3v) is 12.1. The van der Waals surface area contributed by atoms with E-state index in [0.29, 0.717) is 0 Å². The van der Waals surface area contributed by atoms with E-state index in [0.717, 1.165) is 0 Å². The number of ether oxygens (including phenoxy) is 7. The topological polar surface area (TPSA) is 102 Å². The van der Waals surface area contributed by atoms with E-state index in [1.54, 1.807) is 0 Å². The van der Waals surface area contributed by atoms with Gasteiger partial charge in [-0.25, -0.2) is 4.79 Å². The summed E-state index contributed by atoms with van der Waals surface area (Å²) in [4.78, 5) is 13.2. The number of aliphatic hydroxyl groups is 1. The van der Waals surface area contributed by atoms with Crippen molar-refractivity contribution < 1.29 is 214 Å². The fourth-order valence-electron chi connectivity index (χ4n) is 6.70. The van der Waals surface area contributed by atoms with Crippen molar-refractivity contribution in [2.75, 3.05) is 72.7 Å². The highest BCUT2D eigenvalue weighted by molar-refractivity contribution is 5.91. The number of unbranched alkanes of at least 4 members (excludes halogenated alkanes) is 3. The summed E-state index contributed by atoms with van der Waals surface area (Å²) in [7, 11) is 0. The van der Waals surface area contributed by atoms with Crippen LogP contribution in [0.25, 0.3) is 0 Å². The number of alkyl halides is 39. The lowest BCUT2D eigenvalue weighted by Gasteiger charge is -2.39. The van der Waals surface area contributed by atoms with Crippen LogP contribution in [-0.2, 0) is 18.9 Å². The minimum atomic E-state index is -8.38. The zero-order chi connectivity index (χ0) is 73.4. The molecule has 0 saturated carbocycles. The van der Waals surface area contributed by atoms with E-state index in [1.807, 2.05) is 0 Å². The molecule has 0 amide bonds. The van der Waals surface area contributed by atoms with Gasteiger partial charge in [0, 0.05) is 19.3 Å². The molecular weight excluding hydrogens is 1430 g/mol. The summed E-state index contributed by atoms with van der Waals surface area (Å²) in [5, 5.41) is 8.65. The lowest BCUT2D eigenvalue weighted by atomic mass is 9.92. The molecule has 1 aromatic rings. The van der Waals surface area contributed by atoms with Crippen molar-refractivity contribution in [1.82, 2.24) is 0 Å². The highest BCUT2D eigenvalue weighted by Gasteiger charge is 2.93. The molecule has 0 bridgehead atoms. The first-order valence-corrected chi connectivity index (χ1v) is 24.8. The summed E-state index contributed by atoms with van der Waals surface area (Å²) in [6.45, 7) is -7.32. The van der Waals surface area contributed by atoms with Crippen LogP contribution in [0.2, 0.25) is 0 Å². The summed E-state index contributed by atoms with van der Waals surface area (Å²) >= 11 is 0. The van der Waals surface area contributed by atoms with Gasteiger partial charge in [-0.15, -0.1) is 0 Å². The Labute approximate surface area is 493 Å². The molecule has 1 rings (SSSR count). The van der Waals surface area contributed by atoms with Crippen LogP contribution >= 0.6 is 0 Å². The van der Waals surface area contributed by atoms with Crippen LogP contribution in [0.1, 0.15) is 68.1 Å². The summed E-state index contributed by atoms with van der Waals surface area (Å²) in [6, 6.07) is 0.470. The van der Waals surface area contributed by atoms with Crippen molar-refractivity contribution in [3.05, 3.63) is 17.7 Å². The fourth-order valence-corrected chi connectivity index (χ4v) is 6.70. The Kier molecular flexibility index (Phi) is 27.7. The number of hydrogen-bond donors (Lipinski definition) is 1. The van der Waals surface area contributed by atoms with E-state index in [-0.39, 0.29) is 51.8 Å². The molecule has 0 atom stereocenters. The molecule has 1 N–H and O–H groups in total. The molecule has 0 spiro atoms. The van der Waals surface area contributed by atoms with Gasteiger partial charge in [-0.05, 0) is 50.7 Å². The van der Waals surface area contributed by atoms with Gasteiger partial charge in [-0.3, -0.25) is 0 Å². The SMILES string of the molecule is O=C(OCCOCCOCCOCCO)c1cc(OCCCCC(F)(F)C(F)(F)C(F)(F)C(F)(F)C(F)(F)C(F)(F)F)c(OCCCCC(F)(F)C(F)(F)C(F)(F)C(F)(F)C(F)(F)C(F)(F)F)c(OCCCCC(F)(F)C(F)(F)C(F)(F)C(F)(F)C(F)(F)C(F)(F)F)c1. The lowest BCUT2D eigenvalue weighted by Crippen LogP contribution is -2.70. The highest BCUT2D eigenvalue weighted by atomic mass is 19.5. The van der Waals surface area contributed by atoms with Crippen LogP contribution in [0, 0.1) is 0 Å². The van der Waals surface area contributed by atoms with Crippen LogP contribution in [0.3, 0.4) is 0 Å². The van der Waals surface area contributed by atoms with Gasteiger partial charge in [0.05, 0.1) is 71.6 Å². The minimum Gasteiger partial charge on any atom is -0.490 e. The Morgan fingerprint density at radius 3 is 0.785 bits per heavy atom. The first-order valence-electron chi connectivity index (χ1n) is 24.8. The third kappa shape index (κ3) is 17.5. The Bertz CT molecular complexity index is 2410. The second kappa shape index (κ2) is 29.9. The van der Waals surface area contributed by atoms with E-state index >= 15 is 0 Å². The molecule has 0 heterocycles. The van der Waals surface area contributed by atoms with Gasteiger partial charge in [0.1, 0.15) is 6.61 Å². The molecule has 0 aliphatic rings. The second-order valence-corrected chi connectivity index (χ2v) is 18.9. The quantitative estimate of drug-likeness (QED) is 0.0390. The monoisotopic (exact) mass is 1470 g/mol. The number of aliphatic hydroxyl groups excluding tert-OH is 1. The number of hydrogen-bond acceptors (Lipinski definition) is 9. The van der Waals surface area contributed by atoms with E-state index < -0.39 is 227 Å². The predicted octanol–water partition coefficient (Wildman–Crippen LogP) is 16.7. The van der Waals surface area contributed by atoms with Gasteiger partial charge >= 0.3 is 113 Å². The molecule has 0 aliphatic carbocycles. The summed E-state index contributed by atoms with van der Waals surface area (Å²) in [5.74, 6) is -124. The molecule has 0 aromatic heterocycles. The average molecular weight is 1470 g/mol. The number of esters is 1. The minimum absolute atomic E-state index is 0.0479. The average Bonchev–Trinajstić information content (AvgIpc) is 0.728. The van der Waals surface area contributed by atoms with Gasteiger partial charge in [0.15, 0.2) is 11.5 Å². The molecule has 0 unspecified atom stereocenters. The molecule has 48 heteroatoms. The molecule has 0 aliphatic heterocycles. The third-order valence-electron chi connectivity index (χ3n) is 12.1. The van der Waals surface area contributed by atoms with E-state index in [9.17, 15) is 176 Å². The first-order chi connectivity index (χ1) is 41.4. The number of carbonyl (C=O) groups excluding carboxylic acids is 1. The molecule has 0 saturated heterocycles. The standard InChI is InChI=1S/C45H43F39O9/c46-28(47,31(52,53)34(58,59)37(64,65)40(70,71)43(76,77)78)7-1-4-11-90-24-21-23(27(86)93-20-19-89-18-17-88-16-15-87-14-10-85)22-25(91-12-5-2-8-29(48,49)32(54,55)35(60,61)38(66,67)41(72,73)44(79,80)81)26(24)92-13-6-3-9-30(50,51)33(56,57)36(62,63)39(68,69)42(74,75)45(82,83)84/h21-22,85H,1-20H2. The smallest absolute Gasteiger partial charge is 0.460 e. The maximum absolute atomic E-state index is 14.5. The van der Waals surface area contributed by atoms with Crippen molar-refractivity contribution in [2.24, 2.45) is 0 Å². The first kappa shape index (κ1) is 86.2.